The average molecular weight is 217 g/mol. The molecule has 17 heavy (non-hydrogen) atoms. The Labute approximate surface area is 98.7 Å². The molecule has 0 radical (unpaired) electrons. The third-order valence-electron chi connectivity index (χ3n) is 3.42. The molecule has 0 unspecified atom stereocenters. The predicted molar refractivity (Wildman–Crippen MR) is 73.3 cm³/mol. The van der Waals surface area contributed by atoms with Crippen LogP contribution in [0, 0.1) is 0 Å². The number of benzene rings is 3. The SMILES string of the molecule is c1ccc2cc3c(ccc4[nH]ccc43)cc2c1. The highest BCUT2D eigenvalue weighted by Crippen LogP contribution is 2.28. The normalized spacial score (nSPS) is 11.5. The van der Waals surface area contributed by atoms with E-state index in [-0.39, 0.29) is 0 Å². The van der Waals surface area contributed by atoms with Crippen LogP contribution in [0.25, 0.3) is 32.4 Å². The fourth-order valence-electron chi connectivity index (χ4n) is 2.56. The molecule has 0 aliphatic carbocycles. The van der Waals surface area contributed by atoms with Crippen molar-refractivity contribution in [2.75, 3.05) is 0 Å². The van der Waals surface area contributed by atoms with Gasteiger partial charge in [0.2, 0.25) is 0 Å². The zero-order valence-electron chi connectivity index (χ0n) is 9.27. The van der Waals surface area contributed by atoms with E-state index in [2.05, 4.69) is 59.6 Å². The summed E-state index contributed by atoms with van der Waals surface area (Å²) in [5.41, 5.74) is 1.20. The van der Waals surface area contributed by atoms with E-state index in [1.165, 1.54) is 32.4 Å². The van der Waals surface area contributed by atoms with Crippen LogP contribution in [0.3, 0.4) is 0 Å². The summed E-state index contributed by atoms with van der Waals surface area (Å²) >= 11 is 0. The number of aromatic nitrogens is 1. The molecular weight excluding hydrogens is 206 g/mol. The van der Waals surface area contributed by atoms with Crippen LogP contribution in [0.2, 0.25) is 0 Å². The van der Waals surface area contributed by atoms with E-state index in [0.717, 1.165) is 0 Å². The van der Waals surface area contributed by atoms with Crippen molar-refractivity contribution in [1.82, 2.24) is 4.98 Å². The maximum Gasteiger partial charge on any atom is 0.0460 e. The van der Waals surface area contributed by atoms with Crippen LogP contribution >= 0.6 is 0 Å². The van der Waals surface area contributed by atoms with Crippen molar-refractivity contribution in [3.8, 4) is 0 Å². The first-order valence-corrected chi connectivity index (χ1v) is 5.80. The van der Waals surface area contributed by atoms with Gasteiger partial charge in [-0.25, -0.2) is 0 Å². The summed E-state index contributed by atoms with van der Waals surface area (Å²) in [6, 6.07) is 19.5. The standard InChI is InChI=1S/C16H11N/c1-2-4-12-10-15-13(9-11(12)3-1)5-6-16-14(15)7-8-17-16/h1-10,17H. The number of hydrogen-bond donors (Lipinski definition) is 1. The second-order valence-corrected chi connectivity index (χ2v) is 4.42. The third kappa shape index (κ3) is 1.19. The van der Waals surface area contributed by atoms with Gasteiger partial charge in [0.05, 0.1) is 0 Å². The molecule has 0 atom stereocenters. The van der Waals surface area contributed by atoms with Gasteiger partial charge in [-0.2, -0.15) is 0 Å². The average Bonchev–Trinajstić information content (AvgIpc) is 2.85. The first kappa shape index (κ1) is 8.82. The summed E-state index contributed by atoms with van der Waals surface area (Å²) in [6.45, 7) is 0. The summed E-state index contributed by atoms with van der Waals surface area (Å²) in [6.07, 6.45) is 2.00. The number of nitrogens with one attached hydrogen (secondary N) is 1. The molecule has 1 aromatic heterocycles. The Morgan fingerprint density at radius 2 is 1.47 bits per heavy atom. The molecule has 0 spiro atoms. The van der Waals surface area contributed by atoms with Gasteiger partial charge in [0.15, 0.2) is 0 Å². The highest BCUT2D eigenvalue weighted by Gasteiger charge is 2.02. The van der Waals surface area contributed by atoms with E-state index in [1.54, 1.807) is 0 Å². The number of rotatable bonds is 0. The molecule has 1 nitrogen and oxygen atoms in total. The molecular formula is C16H11N. The highest BCUT2D eigenvalue weighted by atomic mass is 14.7. The Morgan fingerprint density at radius 1 is 0.647 bits per heavy atom. The van der Waals surface area contributed by atoms with E-state index in [9.17, 15) is 0 Å². The Bertz CT molecular complexity index is 840. The molecule has 0 bridgehead atoms. The van der Waals surface area contributed by atoms with E-state index in [4.69, 9.17) is 0 Å². The van der Waals surface area contributed by atoms with E-state index in [0.29, 0.717) is 0 Å². The Balaban J connectivity index is 2.29. The molecule has 80 valence electrons. The first-order chi connectivity index (χ1) is 8.42. The van der Waals surface area contributed by atoms with Crippen molar-refractivity contribution in [2.45, 2.75) is 0 Å². The van der Waals surface area contributed by atoms with Crippen LogP contribution in [0.15, 0.2) is 60.8 Å². The zero-order valence-corrected chi connectivity index (χ0v) is 9.27. The molecule has 1 heterocycles. The number of fused-ring (bicyclic) bond motifs is 4. The Hall–Kier alpha value is -2.28. The lowest BCUT2D eigenvalue weighted by Gasteiger charge is -2.03. The maximum absolute atomic E-state index is 3.26. The van der Waals surface area contributed by atoms with Gasteiger partial charge in [-0.3, -0.25) is 0 Å². The maximum atomic E-state index is 3.26. The minimum absolute atomic E-state index is 1.20. The summed E-state index contributed by atoms with van der Waals surface area (Å²) in [7, 11) is 0. The van der Waals surface area contributed by atoms with Crippen molar-refractivity contribution in [1.29, 1.82) is 0 Å². The van der Waals surface area contributed by atoms with Gasteiger partial charge >= 0.3 is 0 Å². The lowest BCUT2D eigenvalue weighted by atomic mass is 10.0. The van der Waals surface area contributed by atoms with Gasteiger partial charge in [-0.1, -0.05) is 30.3 Å². The molecule has 3 aromatic carbocycles. The molecule has 0 amide bonds. The minimum Gasteiger partial charge on any atom is -0.361 e. The molecule has 0 aliphatic rings. The molecule has 1 N–H and O–H groups in total. The van der Waals surface area contributed by atoms with Gasteiger partial charge in [0, 0.05) is 17.1 Å². The van der Waals surface area contributed by atoms with E-state index in [1.807, 2.05) is 6.20 Å². The Morgan fingerprint density at radius 3 is 2.35 bits per heavy atom. The number of hydrogen-bond acceptors (Lipinski definition) is 0. The van der Waals surface area contributed by atoms with Crippen molar-refractivity contribution >= 4 is 32.4 Å². The minimum atomic E-state index is 1.20. The van der Waals surface area contributed by atoms with Crippen molar-refractivity contribution < 1.29 is 0 Å². The fraction of sp³-hybridized carbons (Fsp3) is 0. The van der Waals surface area contributed by atoms with Crippen molar-refractivity contribution in [3.63, 3.8) is 0 Å². The lowest BCUT2D eigenvalue weighted by molar-refractivity contribution is 1.48. The van der Waals surface area contributed by atoms with Gasteiger partial charge in [-0.05, 0) is 45.8 Å². The smallest absolute Gasteiger partial charge is 0.0460 e. The van der Waals surface area contributed by atoms with Gasteiger partial charge in [-0.15, -0.1) is 0 Å². The Kier molecular flexibility index (Phi) is 1.61. The highest BCUT2D eigenvalue weighted by molar-refractivity contribution is 6.11. The largest absolute Gasteiger partial charge is 0.361 e. The van der Waals surface area contributed by atoms with Gasteiger partial charge in [0.1, 0.15) is 0 Å². The van der Waals surface area contributed by atoms with Crippen molar-refractivity contribution in [2.24, 2.45) is 0 Å². The second kappa shape index (κ2) is 3.11. The molecule has 0 saturated heterocycles. The topological polar surface area (TPSA) is 15.8 Å². The lowest BCUT2D eigenvalue weighted by Crippen LogP contribution is -1.77. The quantitative estimate of drug-likeness (QED) is 0.418. The van der Waals surface area contributed by atoms with E-state index >= 15 is 0 Å². The van der Waals surface area contributed by atoms with Crippen molar-refractivity contribution in [3.05, 3.63) is 60.8 Å². The zero-order chi connectivity index (χ0) is 11.2. The summed E-state index contributed by atoms with van der Waals surface area (Å²) in [5, 5.41) is 6.52. The second-order valence-electron chi connectivity index (χ2n) is 4.42. The molecule has 4 rings (SSSR count). The van der Waals surface area contributed by atoms with E-state index < -0.39 is 0 Å². The van der Waals surface area contributed by atoms with Crippen LogP contribution < -0.4 is 0 Å². The fourth-order valence-corrected chi connectivity index (χ4v) is 2.56. The monoisotopic (exact) mass is 217 g/mol. The van der Waals surface area contributed by atoms with Gasteiger partial charge < -0.3 is 4.98 Å². The van der Waals surface area contributed by atoms with Crippen LogP contribution in [-0.4, -0.2) is 4.98 Å². The molecule has 0 fully saturated rings. The molecule has 4 aromatic rings. The summed E-state index contributed by atoms with van der Waals surface area (Å²) in [4.78, 5) is 3.26. The van der Waals surface area contributed by atoms with Gasteiger partial charge in [0.25, 0.3) is 0 Å². The van der Waals surface area contributed by atoms with Crippen LogP contribution in [0.1, 0.15) is 0 Å². The predicted octanol–water partition coefficient (Wildman–Crippen LogP) is 4.47. The number of aromatic amines is 1. The summed E-state index contributed by atoms with van der Waals surface area (Å²) < 4.78 is 0. The first-order valence-electron chi connectivity index (χ1n) is 5.80. The molecule has 0 aliphatic heterocycles. The van der Waals surface area contributed by atoms with Crippen LogP contribution in [-0.2, 0) is 0 Å². The van der Waals surface area contributed by atoms with Crippen LogP contribution in [0.4, 0.5) is 0 Å². The molecule has 0 saturated carbocycles. The van der Waals surface area contributed by atoms with Crippen LogP contribution in [0.5, 0.6) is 0 Å². The molecule has 1 heteroatoms. The number of H-pyrrole nitrogens is 1. The summed E-state index contributed by atoms with van der Waals surface area (Å²) in [5.74, 6) is 0. The third-order valence-corrected chi connectivity index (χ3v) is 3.42.